The number of carbonyl (C=O) groups is 2. The molecule has 1 aliphatic heterocycles. The second-order valence-electron chi connectivity index (χ2n) is 5.62. The summed E-state index contributed by atoms with van der Waals surface area (Å²) in [7, 11) is 1.31. The summed E-state index contributed by atoms with van der Waals surface area (Å²) in [6.07, 6.45) is -0.502. The number of benzene rings is 1. The Morgan fingerprint density at radius 3 is 2.50 bits per heavy atom. The minimum absolute atomic E-state index is 0.0282. The lowest BCUT2D eigenvalue weighted by Crippen LogP contribution is -2.40. The number of aliphatic carboxylic acids is 1. The maximum atomic E-state index is 12.4. The van der Waals surface area contributed by atoms with Gasteiger partial charge in [0.25, 0.3) is 5.56 Å². The smallest absolute Gasteiger partial charge is 0.332 e. The monoisotopic (exact) mass is 329 g/mol. The molecule has 2 N–H and O–H groups in total. The molecule has 0 radical (unpaired) electrons. The van der Waals surface area contributed by atoms with E-state index in [9.17, 15) is 19.2 Å². The van der Waals surface area contributed by atoms with Gasteiger partial charge in [-0.2, -0.15) is 0 Å². The number of fused-ring (bicyclic) bond motifs is 1. The van der Waals surface area contributed by atoms with Crippen molar-refractivity contribution in [3.63, 3.8) is 0 Å². The van der Waals surface area contributed by atoms with Gasteiger partial charge in [-0.3, -0.25) is 23.5 Å². The van der Waals surface area contributed by atoms with Gasteiger partial charge in [0.05, 0.1) is 24.4 Å². The number of carboxylic acid groups (broad SMARTS) is 1. The van der Waals surface area contributed by atoms with Gasteiger partial charge < -0.3 is 10.4 Å². The van der Waals surface area contributed by atoms with Crippen molar-refractivity contribution in [3.8, 4) is 0 Å². The Bertz CT molecular complexity index is 943. The fourth-order valence-electron chi connectivity index (χ4n) is 2.86. The largest absolute Gasteiger partial charge is 0.481 e. The summed E-state index contributed by atoms with van der Waals surface area (Å²) in [6.45, 7) is 0.163. The Labute approximate surface area is 136 Å². The zero-order valence-corrected chi connectivity index (χ0v) is 12.9. The third-order valence-electron chi connectivity index (χ3n) is 4.05. The van der Waals surface area contributed by atoms with Crippen LogP contribution >= 0.6 is 0 Å². The molecule has 0 bridgehead atoms. The molecule has 0 spiro atoms. The molecule has 1 atom stereocenters. The van der Waals surface area contributed by atoms with Crippen molar-refractivity contribution < 1.29 is 14.7 Å². The molecule has 0 saturated heterocycles. The highest BCUT2D eigenvalue weighted by molar-refractivity contribution is 6.03. The molecule has 0 saturated carbocycles. The molecule has 0 fully saturated rings. The fourth-order valence-corrected chi connectivity index (χ4v) is 2.86. The van der Waals surface area contributed by atoms with E-state index in [1.165, 1.54) is 11.6 Å². The number of nitrogens with one attached hydrogen (secondary N) is 1. The third kappa shape index (κ3) is 2.51. The van der Waals surface area contributed by atoms with Gasteiger partial charge >= 0.3 is 11.7 Å². The molecule has 1 amide bonds. The number of nitrogens with zero attached hydrogens (tertiary/aromatic N) is 2. The van der Waals surface area contributed by atoms with Crippen molar-refractivity contribution in [2.75, 3.05) is 5.32 Å². The highest BCUT2D eigenvalue weighted by Gasteiger charge is 2.38. The average Bonchev–Trinajstić information content (AvgIpc) is 2.86. The number of carboxylic acids is 1. The number of rotatable bonds is 4. The fraction of sp³-hybridized carbons (Fsp3) is 0.250. The Balaban J connectivity index is 2.19. The van der Waals surface area contributed by atoms with Crippen molar-refractivity contribution in [1.82, 2.24) is 9.13 Å². The van der Waals surface area contributed by atoms with Crippen molar-refractivity contribution in [2.45, 2.75) is 18.9 Å². The minimum atomic E-state index is -1.19. The lowest BCUT2D eigenvalue weighted by molar-refractivity contribution is -0.138. The van der Waals surface area contributed by atoms with Crippen LogP contribution in [0.15, 0.2) is 39.9 Å². The summed E-state index contributed by atoms with van der Waals surface area (Å²) in [5.41, 5.74) is -0.375. The predicted octanol–water partition coefficient (Wildman–Crippen LogP) is 0.106. The zero-order chi connectivity index (χ0) is 17.4. The van der Waals surface area contributed by atoms with Gasteiger partial charge in [0, 0.05) is 7.05 Å². The number of anilines is 1. The molecule has 0 aliphatic carbocycles. The van der Waals surface area contributed by atoms with Crippen LogP contribution in [0.3, 0.4) is 0 Å². The molecule has 1 aromatic heterocycles. The Hall–Kier alpha value is -3.16. The third-order valence-corrected chi connectivity index (χ3v) is 4.05. The first-order valence-electron chi connectivity index (χ1n) is 7.30. The topological polar surface area (TPSA) is 110 Å². The van der Waals surface area contributed by atoms with Crippen molar-refractivity contribution >= 4 is 17.7 Å². The second kappa shape index (κ2) is 5.80. The Morgan fingerprint density at radius 1 is 1.21 bits per heavy atom. The molecule has 8 heteroatoms. The van der Waals surface area contributed by atoms with Gasteiger partial charge in [-0.25, -0.2) is 4.79 Å². The van der Waals surface area contributed by atoms with E-state index in [0.717, 1.165) is 10.1 Å². The summed E-state index contributed by atoms with van der Waals surface area (Å²) >= 11 is 0. The summed E-state index contributed by atoms with van der Waals surface area (Å²) in [6, 6.07) is 9.09. The normalized spacial score (nSPS) is 15.9. The predicted molar refractivity (Wildman–Crippen MR) is 85.1 cm³/mol. The number of hydrogen-bond donors (Lipinski definition) is 2. The van der Waals surface area contributed by atoms with Crippen molar-refractivity contribution in [2.24, 2.45) is 7.05 Å². The van der Waals surface area contributed by atoms with Gasteiger partial charge in [0.1, 0.15) is 5.82 Å². The van der Waals surface area contributed by atoms with E-state index < -0.39 is 35.5 Å². The minimum Gasteiger partial charge on any atom is -0.481 e. The van der Waals surface area contributed by atoms with Crippen LogP contribution < -0.4 is 16.6 Å². The Kier molecular flexibility index (Phi) is 3.80. The molecule has 24 heavy (non-hydrogen) atoms. The van der Waals surface area contributed by atoms with Gasteiger partial charge in [0.2, 0.25) is 5.91 Å². The zero-order valence-electron chi connectivity index (χ0n) is 12.9. The quantitative estimate of drug-likeness (QED) is 0.827. The molecule has 1 aliphatic rings. The SMILES string of the molecule is Cn1c(=O)c2c(n(Cc3ccccc3)c1=O)NC(=O)[C@H]2CC(=O)O. The first-order chi connectivity index (χ1) is 11.4. The maximum Gasteiger partial charge on any atom is 0.332 e. The number of hydrogen-bond acceptors (Lipinski definition) is 4. The van der Waals surface area contributed by atoms with Gasteiger partial charge in [-0.05, 0) is 5.56 Å². The summed E-state index contributed by atoms with van der Waals surface area (Å²) in [4.78, 5) is 47.9. The molecule has 3 rings (SSSR count). The van der Waals surface area contributed by atoms with Crippen LogP contribution in [0.25, 0.3) is 0 Å². The van der Waals surface area contributed by atoms with Gasteiger partial charge in [-0.15, -0.1) is 0 Å². The highest BCUT2D eigenvalue weighted by atomic mass is 16.4. The van der Waals surface area contributed by atoms with Crippen LogP contribution in [0.5, 0.6) is 0 Å². The van der Waals surface area contributed by atoms with Crippen LogP contribution in [0.2, 0.25) is 0 Å². The second-order valence-corrected chi connectivity index (χ2v) is 5.62. The van der Waals surface area contributed by atoms with E-state index in [4.69, 9.17) is 5.11 Å². The molecule has 1 aromatic carbocycles. The number of carbonyl (C=O) groups excluding carboxylic acids is 1. The van der Waals surface area contributed by atoms with Gasteiger partial charge in [0.15, 0.2) is 0 Å². The van der Waals surface area contributed by atoms with E-state index in [1.54, 1.807) is 0 Å². The van der Waals surface area contributed by atoms with E-state index in [0.29, 0.717) is 0 Å². The molecular formula is C16H15N3O5. The van der Waals surface area contributed by atoms with Crippen LogP contribution in [0.4, 0.5) is 5.82 Å². The maximum absolute atomic E-state index is 12.4. The summed E-state index contributed by atoms with van der Waals surface area (Å²) < 4.78 is 2.18. The summed E-state index contributed by atoms with van der Waals surface area (Å²) in [5.74, 6) is -2.79. The molecule has 2 aromatic rings. The highest BCUT2D eigenvalue weighted by Crippen LogP contribution is 2.31. The lowest BCUT2D eigenvalue weighted by Gasteiger charge is -2.13. The molecule has 0 unspecified atom stereocenters. The van der Waals surface area contributed by atoms with Crippen LogP contribution in [-0.2, 0) is 23.2 Å². The van der Waals surface area contributed by atoms with E-state index in [2.05, 4.69) is 5.32 Å². The Morgan fingerprint density at radius 2 is 1.88 bits per heavy atom. The van der Waals surface area contributed by atoms with Crippen molar-refractivity contribution in [3.05, 3.63) is 62.3 Å². The van der Waals surface area contributed by atoms with E-state index in [1.807, 2.05) is 30.3 Å². The number of aromatic nitrogens is 2. The first kappa shape index (κ1) is 15.7. The molecule has 124 valence electrons. The molecule has 2 heterocycles. The van der Waals surface area contributed by atoms with E-state index in [-0.39, 0.29) is 17.9 Å². The molecule has 8 nitrogen and oxygen atoms in total. The molecular weight excluding hydrogens is 314 g/mol. The number of amides is 1. The average molecular weight is 329 g/mol. The van der Waals surface area contributed by atoms with E-state index >= 15 is 0 Å². The van der Waals surface area contributed by atoms with Crippen molar-refractivity contribution in [1.29, 1.82) is 0 Å². The van der Waals surface area contributed by atoms with Crippen LogP contribution in [0, 0.1) is 0 Å². The summed E-state index contributed by atoms with van der Waals surface area (Å²) in [5, 5.41) is 11.5. The lowest BCUT2D eigenvalue weighted by atomic mass is 9.99. The van der Waals surface area contributed by atoms with Crippen LogP contribution in [-0.4, -0.2) is 26.1 Å². The van der Waals surface area contributed by atoms with Crippen LogP contribution in [0.1, 0.15) is 23.5 Å². The standard InChI is InChI=1S/C16H15N3O5/c1-18-15(23)12-10(7-11(20)21)14(22)17-13(12)19(16(18)24)8-9-5-3-2-4-6-9/h2-6,10H,7-8H2,1H3,(H,17,22)(H,20,21)/t10-/m0/s1. The van der Waals surface area contributed by atoms with Gasteiger partial charge in [-0.1, -0.05) is 30.3 Å². The first-order valence-corrected chi connectivity index (χ1v) is 7.30.